The summed E-state index contributed by atoms with van der Waals surface area (Å²) in [4.78, 5) is 1.42. The predicted molar refractivity (Wildman–Crippen MR) is 63.4 cm³/mol. The van der Waals surface area contributed by atoms with Crippen LogP contribution < -0.4 is 0 Å². The van der Waals surface area contributed by atoms with E-state index in [1.807, 2.05) is 0 Å². The Bertz CT molecular complexity index is 241. The van der Waals surface area contributed by atoms with Crippen molar-refractivity contribution < 1.29 is 22.3 Å². The molecular formula is C10H22F3NO2Si. The highest BCUT2D eigenvalue weighted by Gasteiger charge is 2.59. The molecule has 0 N–H and O–H groups in total. The Balaban J connectivity index is 5.25. The molecule has 0 radical (unpaired) electrons. The molecule has 0 aromatic carbocycles. The van der Waals surface area contributed by atoms with Crippen LogP contribution in [0, 0.1) is 0 Å². The Labute approximate surface area is 102 Å². The normalized spacial score (nSPS) is 17.3. The molecule has 0 saturated carbocycles. The topological polar surface area (TPSA) is 21.7 Å². The fraction of sp³-hybridized carbons (Fsp3) is 1.00. The molecule has 7 heteroatoms. The van der Waals surface area contributed by atoms with E-state index in [1.54, 1.807) is 33.7 Å². The van der Waals surface area contributed by atoms with E-state index in [0.717, 1.165) is 0 Å². The van der Waals surface area contributed by atoms with E-state index in [2.05, 4.69) is 0 Å². The van der Waals surface area contributed by atoms with Crippen LogP contribution in [-0.4, -0.2) is 52.4 Å². The zero-order valence-electron chi connectivity index (χ0n) is 11.3. The van der Waals surface area contributed by atoms with Crippen molar-refractivity contribution in [2.75, 3.05) is 27.2 Å². The highest BCUT2D eigenvalue weighted by Crippen LogP contribution is 2.37. The van der Waals surface area contributed by atoms with Crippen molar-refractivity contribution in [2.24, 2.45) is 0 Å². The van der Waals surface area contributed by atoms with Gasteiger partial charge in [-0.15, -0.1) is 0 Å². The average molecular weight is 273 g/mol. The molecule has 0 aromatic rings. The summed E-state index contributed by atoms with van der Waals surface area (Å²) in [5, 5.41) is 0. The van der Waals surface area contributed by atoms with E-state index in [-0.39, 0.29) is 13.2 Å². The minimum Gasteiger partial charge on any atom is -0.383 e. The van der Waals surface area contributed by atoms with Crippen LogP contribution in [0.15, 0.2) is 0 Å². The first-order valence-electron chi connectivity index (χ1n) is 5.49. The number of hydrogen-bond donors (Lipinski definition) is 0. The van der Waals surface area contributed by atoms with E-state index in [9.17, 15) is 13.2 Å². The van der Waals surface area contributed by atoms with Crippen LogP contribution in [0.25, 0.3) is 0 Å². The second-order valence-corrected chi connectivity index (χ2v) is 9.56. The molecule has 0 aliphatic heterocycles. The summed E-state index contributed by atoms with van der Waals surface area (Å²) in [6.45, 7) is 6.28. The summed E-state index contributed by atoms with van der Waals surface area (Å²) in [6, 6.07) is 0. The van der Waals surface area contributed by atoms with Crippen LogP contribution in [0.5, 0.6) is 0 Å². The molecule has 0 heterocycles. The maximum absolute atomic E-state index is 13.2. The molecule has 3 nitrogen and oxygen atoms in total. The molecule has 0 spiro atoms. The van der Waals surface area contributed by atoms with Gasteiger partial charge < -0.3 is 14.1 Å². The number of hydrogen-bond acceptors (Lipinski definition) is 3. The van der Waals surface area contributed by atoms with Gasteiger partial charge in [-0.1, -0.05) is 0 Å². The first kappa shape index (κ1) is 16.9. The van der Waals surface area contributed by atoms with E-state index in [4.69, 9.17) is 9.16 Å². The molecule has 0 bridgehead atoms. The highest BCUT2D eigenvalue weighted by molar-refractivity contribution is 6.69. The molecule has 0 rings (SSSR count). The fourth-order valence-electron chi connectivity index (χ4n) is 1.48. The highest BCUT2D eigenvalue weighted by atomic mass is 28.4. The lowest BCUT2D eigenvalue weighted by Crippen LogP contribution is -2.60. The molecule has 0 amide bonds. The number of ether oxygens (including phenoxy) is 1. The molecule has 17 heavy (non-hydrogen) atoms. The summed E-state index contributed by atoms with van der Waals surface area (Å²) in [5.41, 5.74) is 0. The molecule has 1 atom stereocenters. The van der Waals surface area contributed by atoms with Crippen molar-refractivity contribution in [1.29, 1.82) is 0 Å². The molecule has 0 aliphatic rings. The standard InChI is InChI=1S/C10H22F3NO2Si/c1-7-15-9(8-14(2)3,10(11,12)13)16-17(4,5)6/h7-8H2,1-6H3. The van der Waals surface area contributed by atoms with E-state index in [1.165, 1.54) is 11.8 Å². The first-order chi connectivity index (χ1) is 7.43. The maximum atomic E-state index is 13.2. The van der Waals surface area contributed by atoms with Crippen LogP contribution in [-0.2, 0) is 9.16 Å². The average Bonchev–Trinajstić information content (AvgIpc) is 1.96. The molecule has 0 saturated heterocycles. The Morgan fingerprint density at radius 3 is 1.82 bits per heavy atom. The van der Waals surface area contributed by atoms with E-state index < -0.39 is 20.3 Å². The molecule has 104 valence electrons. The number of rotatable bonds is 6. The van der Waals surface area contributed by atoms with Crippen molar-refractivity contribution in [3.8, 4) is 0 Å². The summed E-state index contributed by atoms with van der Waals surface area (Å²) in [6.07, 6.45) is -4.55. The van der Waals surface area contributed by atoms with Gasteiger partial charge in [0.2, 0.25) is 0 Å². The fourth-order valence-corrected chi connectivity index (χ4v) is 2.71. The third-order valence-electron chi connectivity index (χ3n) is 1.80. The largest absolute Gasteiger partial charge is 0.443 e. The number of nitrogens with zero attached hydrogens (tertiary/aromatic N) is 1. The van der Waals surface area contributed by atoms with Crippen LogP contribution in [0.3, 0.4) is 0 Å². The second-order valence-electron chi connectivity index (χ2n) is 5.14. The summed E-state index contributed by atoms with van der Waals surface area (Å²) < 4.78 is 49.8. The van der Waals surface area contributed by atoms with Gasteiger partial charge in [0.25, 0.3) is 5.79 Å². The van der Waals surface area contributed by atoms with Gasteiger partial charge in [0.15, 0.2) is 8.32 Å². The third kappa shape index (κ3) is 5.37. The second kappa shape index (κ2) is 5.68. The minimum atomic E-state index is -4.55. The van der Waals surface area contributed by atoms with E-state index >= 15 is 0 Å². The Morgan fingerprint density at radius 1 is 1.12 bits per heavy atom. The van der Waals surface area contributed by atoms with Crippen molar-refractivity contribution in [1.82, 2.24) is 4.90 Å². The number of halogens is 3. The maximum Gasteiger partial charge on any atom is 0.443 e. The van der Waals surface area contributed by atoms with Crippen molar-refractivity contribution >= 4 is 8.32 Å². The molecule has 1 unspecified atom stereocenters. The summed E-state index contributed by atoms with van der Waals surface area (Å²) in [7, 11) is 0.747. The lowest BCUT2D eigenvalue weighted by atomic mass is 10.2. The van der Waals surface area contributed by atoms with Crippen LogP contribution in [0.4, 0.5) is 13.2 Å². The molecule has 0 aliphatic carbocycles. The first-order valence-corrected chi connectivity index (χ1v) is 8.90. The third-order valence-corrected chi connectivity index (χ3v) is 2.75. The van der Waals surface area contributed by atoms with Gasteiger partial charge in [0.05, 0.1) is 6.54 Å². The van der Waals surface area contributed by atoms with Crippen molar-refractivity contribution in [2.45, 2.75) is 38.5 Å². The van der Waals surface area contributed by atoms with Gasteiger partial charge in [0.1, 0.15) is 0 Å². The molecule has 0 aromatic heterocycles. The monoisotopic (exact) mass is 273 g/mol. The quantitative estimate of drug-likeness (QED) is 0.548. The van der Waals surface area contributed by atoms with Gasteiger partial charge >= 0.3 is 6.18 Å². The van der Waals surface area contributed by atoms with Crippen LogP contribution in [0.1, 0.15) is 6.92 Å². The Hall–Kier alpha value is -0.113. The SMILES string of the molecule is CCOC(CN(C)C)(O[Si](C)(C)C)C(F)(F)F. The van der Waals surface area contributed by atoms with Crippen LogP contribution in [0.2, 0.25) is 19.6 Å². The zero-order valence-corrected chi connectivity index (χ0v) is 12.3. The minimum absolute atomic E-state index is 0.0438. The van der Waals surface area contributed by atoms with Gasteiger partial charge in [-0.05, 0) is 40.7 Å². The Kier molecular flexibility index (Phi) is 5.65. The smallest absolute Gasteiger partial charge is 0.383 e. The lowest BCUT2D eigenvalue weighted by Gasteiger charge is -2.41. The summed E-state index contributed by atoms with van der Waals surface area (Å²) >= 11 is 0. The van der Waals surface area contributed by atoms with Crippen molar-refractivity contribution in [3.05, 3.63) is 0 Å². The van der Waals surface area contributed by atoms with Crippen LogP contribution >= 0.6 is 0 Å². The molecular weight excluding hydrogens is 251 g/mol. The van der Waals surface area contributed by atoms with Gasteiger partial charge in [-0.3, -0.25) is 0 Å². The number of alkyl halides is 3. The lowest BCUT2D eigenvalue weighted by molar-refractivity contribution is -0.357. The Morgan fingerprint density at radius 2 is 1.59 bits per heavy atom. The van der Waals surface area contributed by atoms with Gasteiger partial charge in [-0.25, -0.2) is 0 Å². The van der Waals surface area contributed by atoms with E-state index in [0.29, 0.717) is 0 Å². The predicted octanol–water partition coefficient (Wildman–Crippen LogP) is 2.69. The van der Waals surface area contributed by atoms with Gasteiger partial charge in [0, 0.05) is 6.61 Å². The summed E-state index contributed by atoms with van der Waals surface area (Å²) in [5.74, 6) is -2.52. The molecule has 0 fully saturated rings. The zero-order chi connectivity index (χ0) is 13.9. The number of likely N-dealkylation sites (N-methyl/N-ethyl adjacent to an activating group) is 1. The van der Waals surface area contributed by atoms with Gasteiger partial charge in [-0.2, -0.15) is 13.2 Å². The van der Waals surface area contributed by atoms with Crippen molar-refractivity contribution in [3.63, 3.8) is 0 Å².